The predicted molar refractivity (Wildman–Crippen MR) is 67.1 cm³/mol. The Kier molecular flexibility index (Phi) is 3.34. The van der Waals surface area contributed by atoms with Crippen molar-refractivity contribution < 1.29 is 4.74 Å². The summed E-state index contributed by atoms with van der Waals surface area (Å²) in [6.07, 6.45) is 7.45. The van der Waals surface area contributed by atoms with Crippen molar-refractivity contribution in [2.75, 3.05) is 6.61 Å². The molecule has 2 aliphatic heterocycles. The fourth-order valence-corrected chi connectivity index (χ4v) is 4.95. The highest BCUT2D eigenvalue weighted by molar-refractivity contribution is 8.01. The van der Waals surface area contributed by atoms with Gasteiger partial charge >= 0.3 is 0 Å². The van der Waals surface area contributed by atoms with Gasteiger partial charge in [-0.1, -0.05) is 6.92 Å². The first-order valence-corrected chi connectivity index (χ1v) is 7.01. The molecule has 0 aromatic carbocycles. The molecule has 2 heterocycles. The van der Waals surface area contributed by atoms with Gasteiger partial charge in [-0.2, -0.15) is 11.8 Å². The van der Waals surface area contributed by atoms with E-state index in [0.717, 1.165) is 17.1 Å². The van der Waals surface area contributed by atoms with Crippen molar-refractivity contribution in [3.05, 3.63) is 11.8 Å². The average Bonchev–Trinajstić information content (AvgIpc) is 2.77. The van der Waals surface area contributed by atoms with Crippen molar-refractivity contribution in [1.29, 1.82) is 0 Å². The van der Waals surface area contributed by atoms with Crippen molar-refractivity contribution in [2.24, 2.45) is 5.41 Å². The minimum atomic E-state index is 0.486. The van der Waals surface area contributed by atoms with Crippen LogP contribution in [0.2, 0.25) is 0 Å². The number of ether oxygens (including phenoxy) is 1. The van der Waals surface area contributed by atoms with Crippen LogP contribution in [0.15, 0.2) is 11.8 Å². The first-order valence-electron chi connectivity index (χ1n) is 6.07. The zero-order valence-corrected chi connectivity index (χ0v) is 10.9. The molecule has 2 aliphatic rings. The number of hydrogen-bond donors (Lipinski definition) is 0. The number of rotatable bonds is 4. The molecule has 0 N–H and O–H groups in total. The molecule has 15 heavy (non-hydrogen) atoms. The Morgan fingerprint density at radius 1 is 1.47 bits per heavy atom. The third-order valence-corrected chi connectivity index (χ3v) is 5.67. The Morgan fingerprint density at radius 2 is 2.27 bits per heavy atom. The van der Waals surface area contributed by atoms with Crippen LogP contribution >= 0.6 is 11.8 Å². The van der Waals surface area contributed by atoms with Crippen molar-refractivity contribution >= 4 is 11.8 Å². The fourth-order valence-electron chi connectivity index (χ4n) is 2.89. The van der Waals surface area contributed by atoms with Crippen molar-refractivity contribution in [2.45, 2.75) is 57.0 Å². The van der Waals surface area contributed by atoms with E-state index in [4.69, 9.17) is 4.74 Å². The van der Waals surface area contributed by atoms with Crippen LogP contribution in [0.3, 0.4) is 0 Å². The summed E-state index contributed by atoms with van der Waals surface area (Å²) < 4.78 is 5.75. The number of fused-ring (bicyclic) bond motifs is 2. The topological polar surface area (TPSA) is 9.23 Å². The van der Waals surface area contributed by atoms with Gasteiger partial charge in [0.15, 0.2) is 0 Å². The third kappa shape index (κ3) is 2.20. The second-order valence-electron chi connectivity index (χ2n) is 5.25. The van der Waals surface area contributed by atoms with Gasteiger partial charge in [-0.15, -0.1) is 0 Å². The molecule has 0 aromatic heterocycles. The van der Waals surface area contributed by atoms with Crippen LogP contribution in [0.1, 0.15) is 46.5 Å². The van der Waals surface area contributed by atoms with E-state index in [1.54, 1.807) is 0 Å². The van der Waals surface area contributed by atoms with Crippen LogP contribution in [0.25, 0.3) is 0 Å². The molecule has 1 nitrogen and oxygen atoms in total. The molecular formula is C13H22OS. The molecule has 2 fully saturated rings. The highest BCUT2D eigenvalue weighted by atomic mass is 32.2. The Labute approximate surface area is 97.7 Å². The van der Waals surface area contributed by atoms with Crippen molar-refractivity contribution in [3.63, 3.8) is 0 Å². The largest absolute Gasteiger partial charge is 0.501 e. The molecule has 0 aliphatic carbocycles. The fraction of sp³-hybridized carbons (Fsp3) is 0.846. The lowest BCUT2D eigenvalue weighted by Crippen LogP contribution is -2.35. The standard InChI is InChI=1S/C13H22OS/c1-4-13(9-14-8-10(2)3)7-11-5-6-12(13)15-11/h8,11-12H,4-7,9H2,1-3H3. The monoisotopic (exact) mass is 226 g/mol. The van der Waals surface area contributed by atoms with Crippen LogP contribution in [-0.4, -0.2) is 17.1 Å². The van der Waals surface area contributed by atoms with E-state index in [2.05, 4.69) is 32.5 Å². The Morgan fingerprint density at radius 3 is 2.73 bits per heavy atom. The smallest absolute Gasteiger partial charge is 0.0940 e. The Bertz CT molecular complexity index is 257. The van der Waals surface area contributed by atoms with Gasteiger partial charge in [-0.05, 0) is 45.1 Å². The maximum Gasteiger partial charge on any atom is 0.0940 e. The number of allylic oxidation sites excluding steroid dienone is 1. The SMILES string of the molecule is CCC1(COC=C(C)C)CC2CCC1S2. The molecule has 2 heteroatoms. The number of thioether (sulfide) groups is 1. The summed E-state index contributed by atoms with van der Waals surface area (Å²) in [7, 11) is 0. The summed E-state index contributed by atoms with van der Waals surface area (Å²) in [4.78, 5) is 0. The van der Waals surface area contributed by atoms with Crippen LogP contribution in [0.4, 0.5) is 0 Å². The Hall–Kier alpha value is -0.110. The van der Waals surface area contributed by atoms with Gasteiger partial charge in [0.25, 0.3) is 0 Å². The molecule has 2 bridgehead atoms. The van der Waals surface area contributed by atoms with Gasteiger partial charge in [0.05, 0.1) is 12.9 Å². The minimum absolute atomic E-state index is 0.486. The quantitative estimate of drug-likeness (QED) is 0.670. The first kappa shape index (κ1) is 11.4. The summed E-state index contributed by atoms with van der Waals surface area (Å²) in [6.45, 7) is 7.44. The highest BCUT2D eigenvalue weighted by Gasteiger charge is 2.50. The lowest BCUT2D eigenvalue weighted by Gasteiger charge is -2.35. The van der Waals surface area contributed by atoms with Gasteiger partial charge in [0.1, 0.15) is 0 Å². The van der Waals surface area contributed by atoms with E-state index in [-0.39, 0.29) is 0 Å². The summed E-state index contributed by atoms with van der Waals surface area (Å²) in [5.74, 6) is 0. The van der Waals surface area contributed by atoms with E-state index in [1.165, 1.54) is 31.3 Å². The maximum atomic E-state index is 5.75. The second-order valence-corrected chi connectivity index (χ2v) is 6.76. The minimum Gasteiger partial charge on any atom is -0.501 e. The van der Waals surface area contributed by atoms with E-state index in [1.807, 2.05) is 6.26 Å². The first-order chi connectivity index (χ1) is 7.16. The van der Waals surface area contributed by atoms with Crippen LogP contribution in [0, 0.1) is 5.41 Å². The van der Waals surface area contributed by atoms with Crippen LogP contribution in [-0.2, 0) is 4.74 Å². The molecule has 2 saturated heterocycles. The highest BCUT2D eigenvalue weighted by Crippen LogP contribution is 2.57. The van der Waals surface area contributed by atoms with Crippen molar-refractivity contribution in [1.82, 2.24) is 0 Å². The van der Waals surface area contributed by atoms with Crippen molar-refractivity contribution in [3.8, 4) is 0 Å². The molecule has 3 unspecified atom stereocenters. The predicted octanol–water partition coefficient (Wildman–Crippen LogP) is 3.99. The molecular weight excluding hydrogens is 204 g/mol. The van der Waals surface area contributed by atoms with Crippen LogP contribution < -0.4 is 0 Å². The maximum absolute atomic E-state index is 5.75. The van der Waals surface area contributed by atoms with E-state index in [0.29, 0.717) is 5.41 Å². The van der Waals surface area contributed by atoms with Gasteiger partial charge in [0, 0.05) is 15.9 Å². The van der Waals surface area contributed by atoms with Gasteiger partial charge in [-0.25, -0.2) is 0 Å². The molecule has 86 valence electrons. The number of hydrogen-bond acceptors (Lipinski definition) is 2. The normalized spacial score (nSPS) is 38.1. The van der Waals surface area contributed by atoms with Crippen LogP contribution in [0.5, 0.6) is 0 Å². The van der Waals surface area contributed by atoms with E-state index >= 15 is 0 Å². The summed E-state index contributed by atoms with van der Waals surface area (Å²) in [5.41, 5.74) is 1.75. The molecule has 0 spiro atoms. The van der Waals surface area contributed by atoms with Gasteiger partial charge in [-0.3, -0.25) is 0 Å². The van der Waals surface area contributed by atoms with E-state index in [9.17, 15) is 0 Å². The lowest BCUT2D eigenvalue weighted by atomic mass is 9.73. The molecule has 3 atom stereocenters. The second kappa shape index (κ2) is 4.40. The summed E-state index contributed by atoms with van der Waals surface area (Å²) in [5, 5.41) is 1.81. The lowest BCUT2D eigenvalue weighted by molar-refractivity contribution is 0.0844. The molecule has 2 rings (SSSR count). The third-order valence-electron chi connectivity index (χ3n) is 3.82. The zero-order chi connectivity index (χ0) is 10.9. The molecule has 0 amide bonds. The van der Waals surface area contributed by atoms with Gasteiger partial charge in [0.2, 0.25) is 0 Å². The zero-order valence-electron chi connectivity index (χ0n) is 10.1. The molecule has 0 radical (unpaired) electrons. The van der Waals surface area contributed by atoms with E-state index < -0.39 is 0 Å². The summed E-state index contributed by atoms with van der Waals surface area (Å²) in [6, 6.07) is 0. The van der Waals surface area contributed by atoms with Gasteiger partial charge < -0.3 is 4.74 Å². The molecule has 0 aromatic rings. The molecule has 0 saturated carbocycles. The average molecular weight is 226 g/mol. The summed E-state index contributed by atoms with van der Waals surface area (Å²) >= 11 is 2.22. The Balaban J connectivity index is 1.95.